The van der Waals surface area contributed by atoms with E-state index in [4.69, 9.17) is 0 Å². The summed E-state index contributed by atoms with van der Waals surface area (Å²) in [5.41, 5.74) is 0.832. The summed E-state index contributed by atoms with van der Waals surface area (Å²) in [7, 11) is 0. The summed E-state index contributed by atoms with van der Waals surface area (Å²) in [5.74, 6) is 1.93. The molecule has 2 unspecified atom stereocenters. The fourth-order valence-corrected chi connectivity index (χ4v) is 3.09. The highest BCUT2D eigenvalue weighted by atomic mass is 16.3. The van der Waals surface area contributed by atoms with Crippen molar-refractivity contribution >= 4 is 17.3 Å². The van der Waals surface area contributed by atoms with Gasteiger partial charge in [0.1, 0.15) is 5.82 Å². The Labute approximate surface area is 124 Å². The van der Waals surface area contributed by atoms with Crippen LogP contribution in [0.2, 0.25) is 0 Å². The first-order chi connectivity index (χ1) is 10.3. The Morgan fingerprint density at radius 1 is 1.38 bits per heavy atom. The molecular formula is C15H23N5O. The average Bonchev–Trinajstić information content (AvgIpc) is 2.97. The van der Waals surface area contributed by atoms with Crippen molar-refractivity contribution in [3.63, 3.8) is 0 Å². The summed E-state index contributed by atoms with van der Waals surface area (Å²) in [6, 6.07) is 0.272. The van der Waals surface area contributed by atoms with Crippen molar-refractivity contribution < 1.29 is 5.11 Å². The van der Waals surface area contributed by atoms with E-state index in [0.717, 1.165) is 36.7 Å². The van der Waals surface area contributed by atoms with Crippen LogP contribution >= 0.6 is 0 Å². The van der Waals surface area contributed by atoms with E-state index in [1.807, 2.05) is 16.8 Å². The first-order valence-electron chi connectivity index (χ1n) is 7.76. The zero-order valence-corrected chi connectivity index (χ0v) is 12.4. The fraction of sp³-hybridized carbons (Fsp3) is 0.600. The molecular weight excluding hydrogens is 266 g/mol. The third-order valence-electron chi connectivity index (χ3n) is 4.20. The third-order valence-corrected chi connectivity index (χ3v) is 4.20. The molecule has 1 fully saturated rings. The van der Waals surface area contributed by atoms with Gasteiger partial charge in [0.25, 0.3) is 0 Å². The van der Waals surface area contributed by atoms with Gasteiger partial charge in [-0.2, -0.15) is 0 Å². The standard InChI is InChI=1S/C15H23N5O/c1-2-16-13-9-20-8-7-17-15(20)14(19-13)18-12-6-4-3-5-11(12)10-21/h7-9,11-12,16,21H,2-6,10H2,1H3,(H,18,19). The topological polar surface area (TPSA) is 74.5 Å². The highest BCUT2D eigenvalue weighted by molar-refractivity contribution is 5.65. The number of aromatic nitrogens is 3. The second-order valence-electron chi connectivity index (χ2n) is 5.64. The molecule has 0 amide bonds. The largest absolute Gasteiger partial charge is 0.396 e. The summed E-state index contributed by atoms with van der Waals surface area (Å²) in [5, 5.41) is 16.3. The molecule has 114 valence electrons. The number of aliphatic hydroxyl groups is 1. The van der Waals surface area contributed by atoms with Gasteiger partial charge >= 0.3 is 0 Å². The molecule has 21 heavy (non-hydrogen) atoms. The maximum Gasteiger partial charge on any atom is 0.180 e. The van der Waals surface area contributed by atoms with E-state index in [-0.39, 0.29) is 12.6 Å². The van der Waals surface area contributed by atoms with Gasteiger partial charge in [-0.1, -0.05) is 12.8 Å². The zero-order valence-electron chi connectivity index (χ0n) is 12.4. The Bertz CT molecular complexity index is 597. The Kier molecular flexibility index (Phi) is 4.24. The van der Waals surface area contributed by atoms with Crippen molar-refractivity contribution in [1.82, 2.24) is 14.4 Å². The molecule has 0 saturated heterocycles. The molecule has 0 aromatic carbocycles. The highest BCUT2D eigenvalue weighted by Crippen LogP contribution is 2.28. The Morgan fingerprint density at radius 2 is 2.24 bits per heavy atom. The van der Waals surface area contributed by atoms with Crippen LogP contribution in [0.5, 0.6) is 0 Å². The van der Waals surface area contributed by atoms with Crippen LogP contribution in [0.3, 0.4) is 0 Å². The summed E-state index contributed by atoms with van der Waals surface area (Å²) in [6.45, 7) is 3.11. The highest BCUT2D eigenvalue weighted by Gasteiger charge is 2.25. The van der Waals surface area contributed by atoms with E-state index < -0.39 is 0 Å². The quantitative estimate of drug-likeness (QED) is 0.786. The Balaban J connectivity index is 1.89. The fourth-order valence-electron chi connectivity index (χ4n) is 3.09. The van der Waals surface area contributed by atoms with Crippen molar-refractivity contribution in [1.29, 1.82) is 0 Å². The minimum atomic E-state index is 0.231. The number of aliphatic hydroxyl groups excluding tert-OH is 1. The van der Waals surface area contributed by atoms with Gasteiger partial charge in [-0.05, 0) is 19.8 Å². The minimum absolute atomic E-state index is 0.231. The smallest absolute Gasteiger partial charge is 0.180 e. The SMILES string of the molecule is CCNc1cn2ccnc2c(NC2CCCCC2CO)n1. The Hall–Kier alpha value is -1.82. The number of nitrogens with zero attached hydrogens (tertiary/aromatic N) is 3. The molecule has 2 heterocycles. The van der Waals surface area contributed by atoms with Crippen LogP contribution in [-0.4, -0.2) is 38.7 Å². The maximum absolute atomic E-state index is 9.56. The van der Waals surface area contributed by atoms with E-state index in [2.05, 4.69) is 27.5 Å². The number of rotatable bonds is 5. The molecule has 2 aromatic heterocycles. The first kappa shape index (κ1) is 14.1. The van der Waals surface area contributed by atoms with E-state index in [9.17, 15) is 5.11 Å². The minimum Gasteiger partial charge on any atom is -0.396 e. The van der Waals surface area contributed by atoms with Crippen molar-refractivity contribution in [2.45, 2.75) is 38.6 Å². The number of anilines is 2. The predicted octanol–water partition coefficient (Wildman–Crippen LogP) is 2.12. The van der Waals surface area contributed by atoms with Crippen LogP contribution in [0.25, 0.3) is 5.65 Å². The van der Waals surface area contributed by atoms with Crippen LogP contribution in [-0.2, 0) is 0 Å². The van der Waals surface area contributed by atoms with Crippen molar-refractivity contribution in [3.8, 4) is 0 Å². The summed E-state index contributed by atoms with van der Waals surface area (Å²) < 4.78 is 1.98. The number of hydrogen-bond acceptors (Lipinski definition) is 5. The normalized spacial score (nSPS) is 22.4. The summed E-state index contributed by atoms with van der Waals surface area (Å²) in [6.07, 6.45) is 10.2. The zero-order chi connectivity index (χ0) is 14.7. The Morgan fingerprint density at radius 3 is 3.05 bits per heavy atom. The lowest BCUT2D eigenvalue weighted by atomic mass is 9.85. The van der Waals surface area contributed by atoms with Crippen LogP contribution in [0.4, 0.5) is 11.6 Å². The monoisotopic (exact) mass is 289 g/mol. The van der Waals surface area contributed by atoms with E-state index >= 15 is 0 Å². The molecule has 6 nitrogen and oxygen atoms in total. The van der Waals surface area contributed by atoms with Crippen LogP contribution < -0.4 is 10.6 Å². The van der Waals surface area contributed by atoms with Gasteiger partial charge in [0.05, 0.1) is 6.20 Å². The number of imidazole rings is 1. The van der Waals surface area contributed by atoms with Crippen LogP contribution in [0.15, 0.2) is 18.6 Å². The van der Waals surface area contributed by atoms with Crippen LogP contribution in [0.1, 0.15) is 32.6 Å². The number of nitrogens with one attached hydrogen (secondary N) is 2. The molecule has 3 N–H and O–H groups in total. The van der Waals surface area contributed by atoms with Gasteiger partial charge in [0.15, 0.2) is 11.5 Å². The van der Waals surface area contributed by atoms with Crippen molar-refractivity contribution in [3.05, 3.63) is 18.6 Å². The molecule has 0 spiro atoms. The van der Waals surface area contributed by atoms with E-state index in [0.29, 0.717) is 5.92 Å². The second kappa shape index (κ2) is 6.30. The van der Waals surface area contributed by atoms with E-state index in [1.54, 1.807) is 6.20 Å². The predicted molar refractivity (Wildman–Crippen MR) is 83.6 cm³/mol. The van der Waals surface area contributed by atoms with Gasteiger partial charge < -0.3 is 20.1 Å². The van der Waals surface area contributed by atoms with Gasteiger partial charge in [-0.3, -0.25) is 0 Å². The molecule has 1 aliphatic carbocycles. The van der Waals surface area contributed by atoms with Crippen molar-refractivity contribution in [2.24, 2.45) is 5.92 Å². The molecule has 0 bridgehead atoms. The second-order valence-corrected chi connectivity index (χ2v) is 5.64. The van der Waals surface area contributed by atoms with Gasteiger partial charge in [0.2, 0.25) is 0 Å². The van der Waals surface area contributed by atoms with E-state index in [1.165, 1.54) is 12.8 Å². The third kappa shape index (κ3) is 2.95. The molecule has 1 saturated carbocycles. The number of fused-ring (bicyclic) bond motifs is 1. The van der Waals surface area contributed by atoms with Gasteiger partial charge in [0, 0.05) is 37.5 Å². The molecule has 1 aliphatic rings. The van der Waals surface area contributed by atoms with Gasteiger partial charge in [-0.25, -0.2) is 9.97 Å². The first-order valence-corrected chi connectivity index (χ1v) is 7.76. The molecule has 3 rings (SSSR count). The summed E-state index contributed by atoms with van der Waals surface area (Å²) in [4.78, 5) is 9.02. The summed E-state index contributed by atoms with van der Waals surface area (Å²) >= 11 is 0. The van der Waals surface area contributed by atoms with Gasteiger partial charge in [-0.15, -0.1) is 0 Å². The molecule has 6 heteroatoms. The molecule has 0 radical (unpaired) electrons. The van der Waals surface area contributed by atoms with Crippen LogP contribution in [0, 0.1) is 5.92 Å². The lowest BCUT2D eigenvalue weighted by Crippen LogP contribution is -2.34. The average molecular weight is 289 g/mol. The molecule has 0 aliphatic heterocycles. The number of hydrogen-bond donors (Lipinski definition) is 3. The maximum atomic E-state index is 9.56. The molecule has 2 aromatic rings. The van der Waals surface area contributed by atoms with Crippen molar-refractivity contribution in [2.75, 3.05) is 23.8 Å². The lowest BCUT2D eigenvalue weighted by molar-refractivity contribution is 0.178. The lowest BCUT2D eigenvalue weighted by Gasteiger charge is -2.31. The molecule has 2 atom stereocenters.